The van der Waals surface area contributed by atoms with Gasteiger partial charge in [0, 0.05) is 53.8 Å². The van der Waals surface area contributed by atoms with Gasteiger partial charge in [-0.1, -0.05) is 98.0 Å². The van der Waals surface area contributed by atoms with Crippen molar-refractivity contribution >= 4 is 63.8 Å². The molecule has 1 aliphatic heterocycles. The van der Waals surface area contributed by atoms with Gasteiger partial charge in [0.2, 0.25) is 0 Å². The Morgan fingerprint density at radius 3 is 2.14 bits per heavy atom. The largest absolute Gasteiger partial charge is 0.320 e. The van der Waals surface area contributed by atoms with Gasteiger partial charge in [0.05, 0.1) is 11.0 Å². The van der Waals surface area contributed by atoms with Gasteiger partial charge in [0.1, 0.15) is 6.67 Å². The first kappa shape index (κ1) is 26.3. The summed E-state index contributed by atoms with van der Waals surface area (Å²) in [4.78, 5) is 14.3. The van der Waals surface area contributed by atoms with E-state index in [0.717, 1.165) is 11.1 Å². The van der Waals surface area contributed by atoms with Gasteiger partial charge in [0.15, 0.2) is 0 Å². The molecule has 0 saturated heterocycles. The second kappa shape index (κ2) is 10.1. The molecule has 3 nitrogen and oxygen atoms in total. The molecule has 0 saturated carbocycles. The van der Waals surface area contributed by atoms with E-state index in [-0.39, 0.29) is 5.41 Å². The molecular formula is C38H29N3S2. The van der Waals surface area contributed by atoms with Gasteiger partial charge in [-0.25, -0.2) is 0 Å². The third kappa shape index (κ3) is 4.21. The fourth-order valence-electron chi connectivity index (χ4n) is 6.58. The summed E-state index contributed by atoms with van der Waals surface area (Å²) in [6.45, 7) is 8.92. The summed E-state index contributed by atoms with van der Waals surface area (Å²) in [6.07, 6.45) is 3.68. The number of hydrogen-bond acceptors (Lipinski definition) is 4. The van der Waals surface area contributed by atoms with Gasteiger partial charge in [-0.05, 0) is 77.0 Å². The van der Waals surface area contributed by atoms with E-state index >= 15 is 0 Å². The molecule has 208 valence electrons. The van der Waals surface area contributed by atoms with E-state index in [0.29, 0.717) is 6.67 Å². The van der Waals surface area contributed by atoms with E-state index in [2.05, 4.69) is 115 Å². The van der Waals surface area contributed by atoms with Crippen molar-refractivity contribution in [1.82, 2.24) is 4.57 Å². The Morgan fingerprint density at radius 2 is 1.37 bits per heavy atom. The quantitative estimate of drug-likeness (QED) is 0.186. The average Bonchev–Trinajstić information content (AvgIpc) is 3.45. The van der Waals surface area contributed by atoms with Crippen molar-refractivity contribution in [2.45, 2.75) is 45.5 Å². The van der Waals surface area contributed by atoms with Crippen LogP contribution in [0.25, 0.3) is 38.5 Å². The van der Waals surface area contributed by atoms with Crippen LogP contribution in [-0.4, -0.2) is 17.5 Å². The monoisotopic (exact) mass is 591 g/mol. The summed E-state index contributed by atoms with van der Waals surface area (Å²) in [5.74, 6) is 0. The summed E-state index contributed by atoms with van der Waals surface area (Å²) < 4.78 is 2.35. The predicted octanol–water partition coefficient (Wildman–Crippen LogP) is 10.5. The Bertz CT molecular complexity index is 2150. The molecule has 0 fully saturated rings. The summed E-state index contributed by atoms with van der Waals surface area (Å²) >= 11 is 3.78. The minimum absolute atomic E-state index is 0.112. The van der Waals surface area contributed by atoms with E-state index < -0.39 is 0 Å². The fraction of sp³-hybridized carbons (Fsp3) is 0.105. The fourth-order valence-corrected chi connectivity index (χ4v) is 8.86. The normalized spacial score (nSPS) is 15.0. The van der Waals surface area contributed by atoms with Crippen molar-refractivity contribution in [3.8, 4) is 11.1 Å². The van der Waals surface area contributed by atoms with Crippen LogP contribution in [0, 0.1) is 0 Å². The minimum atomic E-state index is -0.112. The Morgan fingerprint density at radius 1 is 0.721 bits per heavy atom. The molecule has 0 amide bonds. The third-order valence-electron chi connectivity index (χ3n) is 8.71. The highest BCUT2D eigenvalue weighted by atomic mass is 32.2. The number of allylic oxidation sites excluding steroid dienone is 1. The van der Waals surface area contributed by atoms with Gasteiger partial charge in [0.25, 0.3) is 0 Å². The Labute approximate surface area is 260 Å². The molecule has 0 atom stereocenters. The molecule has 0 bridgehead atoms. The predicted molar refractivity (Wildman–Crippen MR) is 184 cm³/mol. The zero-order chi connectivity index (χ0) is 29.1. The van der Waals surface area contributed by atoms with Crippen LogP contribution < -0.4 is 0 Å². The topological polar surface area (TPSA) is 29.6 Å². The van der Waals surface area contributed by atoms with E-state index in [1.54, 1.807) is 6.20 Å². The maximum Gasteiger partial charge on any atom is 0.114 e. The number of aliphatic imine (C=N–C) groups is 2. The highest BCUT2D eigenvalue weighted by Gasteiger charge is 2.38. The number of hydrogen-bond donors (Lipinski definition) is 0. The van der Waals surface area contributed by atoms with Gasteiger partial charge < -0.3 is 4.57 Å². The summed E-state index contributed by atoms with van der Waals surface area (Å²) in [7, 11) is 0. The number of fused-ring (bicyclic) bond motifs is 8. The minimum Gasteiger partial charge on any atom is -0.320 e. The van der Waals surface area contributed by atoms with Crippen LogP contribution in [0.2, 0.25) is 0 Å². The molecule has 0 unspecified atom stereocenters. The molecule has 5 aromatic carbocycles. The average molecular weight is 592 g/mol. The number of rotatable bonds is 5. The maximum absolute atomic E-state index is 4.93. The standard InChI is InChI=1S/C38H29N3S2/c1-38(2)30-19-33-29(17-27(30)28-18-36-37(20-31(28)38)43-35-16-10-9-15-34(35)42-36)26-13-7-8-14-32(26)41(33)23-40-22-25(21-39-3)24-11-5-4-6-12-24/h4-22H,3,23H2,1-2H3/b25-21+,40-22-. The second-order valence-corrected chi connectivity index (χ2v) is 13.7. The molecule has 0 radical (unpaired) electrons. The molecule has 5 heteroatoms. The van der Waals surface area contributed by atoms with E-state index in [1.165, 1.54) is 63.6 Å². The molecule has 2 heterocycles. The van der Waals surface area contributed by atoms with E-state index in [4.69, 9.17) is 4.99 Å². The second-order valence-electron chi connectivity index (χ2n) is 11.6. The summed E-state index contributed by atoms with van der Waals surface area (Å²) in [5, 5.41) is 2.52. The molecule has 0 N–H and O–H groups in total. The zero-order valence-corrected chi connectivity index (χ0v) is 25.7. The third-order valence-corrected chi connectivity index (χ3v) is 11.2. The highest BCUT2D eigenvalue weighted by Crippen LogP contribution is 2.56. The Hall–Kier alpha value is -4.32. The molecule has 1 aliphatic carbocycles. The molecular weight excluding hydrogens is 563 g/mol. The smallest absolute Gasteiger partial charge is 0.114 e. The first-order valence-corrected chi connectivity index (χ1v) is 16.1. The lowest BCUT2D eigenvalue weighted by atomic mass is 9.82. The van der Waals surface area contributed by atoms with Crippen molar-refractivity contribution in [2.24, 2.45) is 9.98 Å². The SMILES string of the molecule is C=N/C=C(\C=N/Cn1c2ccccc2c2cc3c(cc21)C(C)(C)c1cc2c(cc1-3)Sc1ccccc1S2)c1ccccc1. The lowest BCUT2D eigenvalue weighted by molar-refractivity contribution is 0.657. The van der Waals surface area contributed by atoms with Crippen molar-refractivity contribution in [1.29, 1.82) is 0 Å². The van der Waals surface area contributed by atoms with Crippen molar-refractivity contribution < 1.29 is 0 Å². The molecule has 8 rings (SSSR count). The van der Waals surface area contributed by atoms with Crippen molar-refractivity contribution in [3.05, 3.63) is 126 Å². The van der Waals surface area contributed by atoms with E-state index in [9.17, 15) is 0 Å². The van der Waals surface area contributed by atoms with Crippen LogP contribution in [0.15, 0.2) is 139 Å². The van der Waals surface area contributed by atoms with Crippen LogP contribution >= 0.6 is 23.5 Å². The lowest BCUT2D eigenvalue weighted by Gasteiger charge is -2.24. The van der Waals surface area contributed by atoms with E-state index in [1.807, 2.05) is 47.9 Å². The first-order valence-electron chi connectivity index (χ1n) is 14.4. The zero-order valence-electron chi connectivity index (χ0n) is 24.0. The van der Waals surface area contributed by atoms with Crippen LogP contribution in [0.5, 0.6) is 0 Å². The molecule has 1 aromatic heterocycles. The number of aromatic nitrogens is 1. The molecule has 6 aromatic rings. The van der Waals surface area contributed by atoms with Crippen molar-refractivity contribution in [2.75, 3.05) is 0 Å². The van der Waals surface area contributed by atoms with Gasteiger partial charge in [-0.15, -0.1) is 0 Å². The van der Waals surface area contributed by atoms with Crippen LogP contribution in [-0.2, 0) is 12.1 Å². The van der Waals surface area contributed by atoms with Gasteiger partial charge in [-0.2, -0.15) is 0 Å². The van der Waals surface area contributed by atoms with Crippen LogP contribution in [0.1, 0.15) is 30.5 Å². The van der Waals surface area contributed by atoms with Gasteiger partial charge in [-0.3, -0.25) is 9.98 Å². The van der Waals surface area contributed by atoms with Gasteiger partial charge >= 0.3 is 0 Å². The van der Waals surface area contributed by atoms with Crippen LogP contribution in [0.3, 0.4) is 0 Å². The molecule has 2 aliphatic rings. The molecule has 0 spiro atoms. The number of nitrogens with zero attached hydrogens (tertiary/aromatic N) is 3. The Kier molecular flexibility index (Phi) is 6.21. The van der Waals surface area contributed by atoms with Crippen LogP contribution in [0.4, 0.5) is 0 Å². The first-order chi connectivity index (χ1) is 21.0. The summed E-state index contributed by atoms with van der Waals surface area (Å²) in [6, 6.07) is 37.4. The lowest BCUT2D eigenvalue weighted by Crippen LogP contribution is -2.15. The maximum atomic E-state index is 4.93. The highest BCUT2D eigenvalue weighted by molar-refractivity contribution is 8.05. The number of benzene rings is 5. The van der Waals surface area contributed by atoms with Crippen molar-refractivity contribution in [3.63, 3.8) is 0 Å². The Balaban J connectivity index is 1.25. The summed E-state index contributed by atoms with van der Waals surface area (Å²) in [5.41, 5.74) is 9.79. The molecule has 43 heavy (non-hydrogen) atoms. The number of para-hydroxylation sites is 1.